The molecular weight excluding hydrogens is 164 g/mol. The molecule has 2 aliphatic rings. The van der Waals surface area contributed by atoms with Crippen LogP contribution in [-0.2, 0) is 9.47 Å². The molecule has 76 valence electrons. The van der Waals surface area contributed by atoms with Crippen molar-refractivity contribution in [2.24, 2.45) is 5.92 Å². The summed E-state index contributed by atoms with van der Waals surface area (Å²) in [4.78, 5) is 0. The molecule has 0 saturated carbocycles. The summed E-state index contributed by atoms with van der Waals surface area (Å²) in [6, 6.07) is 0. The minimum atomic E-state index is -0.271. The third-order valence-corrected chi connectivity index (χ3v) is 3.52. The second-order valence-electron chi connectivity index (χ2n) is 4.96. The summed E-state index contributed by atoms with van der Waals surface area (Å²) in [5, 5.41) is 0. The topological polar surface area (TPSA) is 18.5 Å². The van der Waals surface area contributed by atoms with E-state index in [2.05, 4.69) is 27.7 Å². The molecule has 2 nitrogen and oxygen atoms in total. The first kappa shape index (κ1) is 9.47. The van der Waals surface area contributed by atoms with Crippen molar-refractivity contribution >= 4 is 0 Å². The van der Waals surface area contributed by atoms with Crippen molar-refractivity contribution in [1.82, 2.24) is 0 Å². The van der Waals surface area contributed by atoms with Gasteiger partial charge in [-0.25, -0.2) is 0 Å². The first-order chi connectivity index (χ1) is 6.00. The predicted molar refractivity (Wildman–Crippen MR) is 51.5 cm³/mol. The van der Waals surface area contributed by atoms with Gasteiger partial charge in [-0.2, -0.15) is 0 Å². The van der Waals surface area contributed by atoms with E-state index in [4.69, 9.17) is 9.47 Å². The van der Waals surface area contributed by atoms with E-state index < -0.39 is 0 Å². The van der Waals surface area contributed by atoms with Crippen molar-refractivity contribution in [3.8, 4) is 0 Å². The van der Waals surface area contributed by atoms with E-state index in [1.165, 1.54) is 0 Å². The van der Waals surface area contributed by atoms with Gasteiger partial charge in [0.15, 0.2) is 5.79 Å². The van der Waals surface area contributed by atoms with Crippen LogP contribution in [0.2, 0.25) is 0 Å². The molecular formula is C11H20O2. The van der Waals surface area contributed by atoms with Crippen LogP contribution in [0.1, 0.15) is 47.0 Å². The molecule has 0 aromatic heterocycles. The molecule has 0 aromatic rings. The number of fused-ring (bicyclic) bond motifs is 2. The van der Waals surface area contributed by atoms with Crippen molar-refractivity contribution in [3.63, 3.8) is 0 Å². The van der Waals surface area contributed by atoms with Crippen LogP contribution in [0.5, 0.6) is 0 Å². The fourth-order valence-electron chi connectivity index (χ4n) is 3.12. The summed E-state index contributed by atoms with van der Waals surface area (Å²) in [5.41, 5.74) is 0.0765. The molecule has 4 atom stereocenters. The second kappa shape index (κ2) is 2.71. The van der Waals surface area contributed by atoms with Crippen LogP contribution in [0.25, 0.3) is 0 Å². The molecule has 0 aromatic carbocycles. The highest BCUT2D eigenvalue weighted by Crippen LogP contribution is 2.51. The van der Waals surface area contributed by atoms with Gasteiger partial charge in [0, 0.05) is 12.3 Å². The largest absolute Gasteiger partial charge is 0.347 e. The quantitative estimate of drug-likeness (QED) is 0.624. The lowest BCUT2D eigenvalue weighted by molar-refractivity contribution is -0.318. The number of ether oxygens (including phenoxy) is 2. The molecule has 0 aliphatic carbocycles. The summed E-state index contributed by atoms with van der Waals surface area (Å²) in [5.74, 6) is 0.263. The first-order valence-electron chi connectivity index (χ1n) is 5.38. The Labute approximate surface area is 80.6 Å². The van der Waals surface area contributed by atoms with Crippen LogP contribution in [0, 0.1) is 5.92 Å². The fourth-order valence-corrected chi connectivity index (χ4v) is 3.12. The van der Waals surface area contributed by atoms with Gasteiger partial charge in [-0.15, -0.1) is 0 Å². The highest BCUT2D eigenvalue weighted by molar-refractivity contribution is 4.98. The van der Waals surface area contributed by atoms with Gasteiger partial charge < -0.3 is 9.47 Å². The summed E-state index contributed by atoms with van der Waals surface area (Å²) in [7, 11) is 0. The third-order valence-electron chi connectivity index (χ3n) is 3.52. The molecule has 13 heavy (non-hydrogen) atoms. The molecule has 0 N–H and O–H groups in total. The standard InChI is InChI=1S/C11H20O2/c1-5-11-8(2)6-10(4,13-11)7-9(3)12-11/h8-9H,5-7H2,1-4H3/t8-,9+,10?,11-/m1/s1. The van der Waals surface area contributed by atoms with Crippen molar-refractivity contribution < 1.29 is 9.47 Å². The molecule has 0 spiro atoms. The monoisotopic (exact) mass is 184 g/mol. The maximum absolute atomic E-state index is 6.08. The molecule has 1 unspecified atom stereocenters. The number of hydrogen-bond donors (Lipinski definition) is 0. The summed E-state index contributed by atoms with van der Waals surface area (Å²) in [6.07, 6.45) is 3.50. The Kier molecular flexibility index (Phi) is 1.97. The molecule has 2 aliphatic heterocycles. The van der Waals surface area contributed by atoms with E-state index >= 15 is 0 Å². The van der Waals surface area contributed by atoms with Gasteiger partial charge in [-0.3, -0.25) is 0 Å². The van der Waals surface area contributed by atoms with Crippen molar-refractivity contribution in [1.29, 1.82) is 0 Å². The Bertz CT molecular complexity index is 216. The van der Waals surface area contributed by atoms with Crippen LogP contribution in [-0.4, -0.2) is 17.5 Å². The first-order valence-corrected chi connectivity index (χ1v) is 5.38. The van der Waals surface area contributed by atoms with Crippen LogP contribution >= 0.6 is 0 Å². The Balaban J connectivity index is 2.28. The summed E-state index contributed by atoms with van der Waals surface area (Å²) < 4.78 is 12.1. The lowest BCUT2D eigenvalue weighted by Gasteiger charge is -2.42. The molecule has 2 heteroatoms. The van der Waals surface area contributed by atoms with Gasteiger partial charge in [0.2, 0.25) is 0 Å². The Morgan fingerprint density at radius 2 is 2.00 bits per heavy atom. The average Bonchev–Trinajstić information content (AvgIpc) is 2.18. The van der Waals surface area contributed by atoms with Crippen LogP contribution < -0.4 is 0 Å². The zero-order valence-electron chi connectivity index (χ0n) is 9.09. The molecule has 2 bridgehead atoms. The minimum Gasteiger partial charge on any atom is -0.347 e. The smallest absolute Gasteiger partial charge is 0.171 e. The van der Waals surface area contributed by atoms with Crippen molar-refractivity contribution in [2.45, 2.75) is 64.4 Å². The zero-order chi connectivity index (χ0) is 9.69. The van der Waals surface area contributed by atoms with Crippen molar-refractivity contribution in [2.75, 3.05) is 0 Å². The summed E-state index contributed by atoms with van der Waals surface area (Å²) in [6.45, 7) is 8.77. The molecule has 2 fully saturated rings. The molecule has 2 heterocycles. The van der Waals surface area contributed by atoms with Gasteiger partial charge in [-0.1, -0.05) is 13.8 Å². The van der Waals surface area contributed by atoms with E-state index in [1.54, 1.807) is 0 Å². The van der Waals surface area contributed by atoms with Crippen LogP contribution in [0.3, 0.4) is 0 Å². The summed E-state index contributed by atoms with van der Waals surface area (Å²) >= 11 is 0. The maximum Gasteiger partial charge on any atom is 0.171 e. The second-order valence-corrected chi connectivity index (χ2v) is 4.96. The molecule has 2 rings (SSSR count). The predicted octanol–water partition coefficient (Wildman–Crippen LogP) is 2.72. The van der Waals surface area contributed by atoms with Gasteiger partial charge in [0.25, 0.3) is 0 Å². The zero-order valence-corrected chi connectivity index (χ0v) is 9.09. The fraction of sp³-hybridized carbons (Fsp3) is 1.00. The minimum absolute atomic E-state index is 0.0765. The molecule has 2 saturated heterocycles. The Morgan fingerprint density at radius 1 is 1.31 bits per heavy atom. The van der Waals surface area contributed by atoms with E-state index in [9.17, 15) is 0 Å². The lowest BCUT2D eigenvalue weighted by atomic mass is 9.90. The van der Waals surface area contributed by atoms with Gasteiger partial charge in [0.1, 0.15) is 0 Å². The van der Waals surface area contributed by atoms with E-state index in [0.717, 1.165) is 19.3 Å². The molecule has 0 amide bonds. The molecule has 0 radical (unpaired) electrons. The van der Waals surface area contributed by atoms with Crippen LogP contribution in [0.15, 0.2) is 0 Å². The number of hydrogen-bond acceptors (Lipinski definition) is 2. The van der Waals surface area contributed by atoms with E-state index in [0.29, 0.717) is 12.0 Å². The van der Waals surface area contributed by atoms with Gasteiger partial charge >= 0.3 is 0 Å². The average molecular weight is 184 g/mol. The highest BCUT2D eigenvalue weighted by Gasteiger charge is 2.56. The van der Waals surface area contributed by atoms with Crippen molar-refractivity contribution in [3.05, 3.63) is 0 Å². The van der Waals surface area contributed by atoms with Crippen LogP contribution in [0.4, 0.5) is 0 Å². The Hall–Kier alpha value is -0.0800. The van der Waals surface area contributed by atoms with E-state index in [-0.39, 0.29) is 11.4 Å². The number of rotatable bonds is 1. The third kappa shape index (κ3) is 1.31. The van der Waals surface area contributed by atoms with Gasteiger partial charge in [-0.05, 0) is 26.7 Å². The SMILES string of the molecule is CC[C@]12O[C@@H](C)CC(C)(C[C@H]1C)O2. The van der Waals surface area contributed by atoms with Gasteiger partial charge in [0.05, 0.1) is 11.7 Å². The maximum atomic E-state index is 6.08. The Morgan fingerprint density at radius 3 is 2.62 bits per heavy atom. The lowest BCUT2D eigenvalue weighted by Crippen LogP contribution is -2.47. The highest BCUT2D eigenvalue weighted by atomic mass is 16.7. The van der Waals surface area contributed by atoms with E-state index in [1.807, 2.05) is 0 Å². The normalized spacial score (nSPS) is 55.4.